The number of hydrogen-bond donors (Lipinski definition) is 0. The summed E-state index contributed by atoms with van der Waals surface area (Å²) in [7, 11) is 0. The zero-order chi connectivity index (χ0) is 17.6. The van der Waals surface area contributed by atoms with E-state index < -0.39 is 0 Å². The van der Waals surface area contributed by atoms with Crippen LogP contribution in [0.3, 0.4) is 0 Å². The number of fused-ring (bicyclic) bond motifs is 2. The standard InChI is InChI=1S/C19H12Cl2N2O2.Zn/c20-14-5-7-16(24)18-12(14)3-1-10(22-18)9-11-2-4-13-15(21)6-8-17(25)19(13)23-11;/h1-8,24-25H,9H2;/q;+2/p-2. The van der Waals surface area contributed by atoms with E-state index in [2.05, 4.69) is 9.97 Å². The Balaban J connectivity index is 0.00000196. The SMILES string of the molecule is [O-]c1ccc(Cl)c2ccc(Cc3ccc4c(Cl)ccc([O-])c4n3)nc12.[Zn+2]. The predicted octanol–water partition coefficient (Wildman–Crippen LogP) is 3.83. The average molecular weight is 435 g/mol. The fraction of sp³-hybridized carbons (Fsp3) is 0.0526. The summed E-state index contributed by atoms with van der Waals surface area (Å²) in [6, 6.07) is 13.1. The summed E-state index contributed by atoms with van der Waals surface area (Å²) in [6.45, 7) is 0. The maximum Gasteiger partial charge on any atom is 2.00 e. The summed E-state index contributed by atoms with van der Waals surface area (Å²) in [5.41, 5.74) is 2.01. The van der Waals surface area contributed by atoms with Crippen molar-refractivity contribution in [2.75, 3.05) is 0 Å². The zero-order valence-corrected chi connectivity index (χ0v) is 18.0. The molecule has 0 spiro atoms. The minimum atomic E-state index is -0.179. The Hall–Kier alpha value is -1.94. The topological polar surface area (TPSA) is 71.9 Å². The number of nitrogens with zero attached hydrogens (tertiary/aromatic N) is 2. The first-order valence-electron chi connectivity index (χ1n) is 7.53. The quantitative estimate of drug-likeness (QED) is 0.450. The molecule has 7 heteroatoms. The van der Waals surface area contributed by atoms with Crippen molar-refractivity contribution in [1.82, 2.24) is 9.97 Å². The molecule has 0 amide bonds. The van der Waals surface area contributed by atoms with E-state index in [0.717, 1.165) is 0 Å². The van der Waals surface area contributed by atoms with Crippen LogP contribution in [0.5, 0.6) is 11.5 Å². The molecule has 4 rings (SSSR count). The summed E-state index contributed by atoms with van der Waals surface area (Å²) >= 11 is 12.2. The van der Waals surface area contributed by atoms with Crippen molar-refractivity contribution >= 4 is 45.0 Å². The molecule has 0 saturated carbocycles. The smallest absolute Gasteiger partial charge is 0.871 e. The Kier molecular flexibility index (Phi) is 5.33. The van der Waals surface area contributed by atoms with Gasteiger partial charge in [-0.15, -0.1) is 0 Å². The number of halogens is 2. The van der Waals surface area contributed by atoms with E-state index in [9.17, 15) is 10.2 Å². The van der Waals surface area contributed by atoms with Crippen LogP contribution in [0.25, 0.3) is 21.8 Å². The maximum atomic E-state index is 12.0. The molecule has 0 radical (unpaired) electrons. The Morgan fingerprint density at radius 3 is 1.50 bits per heavy atom. The van der Waals surface area contributed by atoms with Crippen molar-refractivity contribution in [2.24, 2.45) is 0 Å². The van der Waals surface area contributed by atoms with Crippen LogP contribution in [0, 0.1) is 0 Å². The van der Waals surface area contributed by atoms with Crippen LogP contribution >= 0.6 is 23.2 Å². The number of rotatable bonds is 2. The van der Waals surface area contributed by atoms with Crippen molar-refractivity contribution in [3.63, 3.8) is 0 Å². The molecule has 4 nitrogen and oxygen atoms in total. The third-order valence-electron chi connectivity index (χ3n) is 4.01. The van der Waals surface area contributed by atoms with Gasteiger partial charge < -0.3 is 10.2 Å². The summed E-state index contributed by atoms with van der Waals surface area (Å²) in [5.74, 6) is -0.359. The van der Waals surface area contributed by atoms with Gasteiger partial charge in [0.15, 0.2) is 0 Å². The van der Waals surface area contributed by atoms with Gasteiger partial charge in [0.05, 0.1) is 11.0 Å². The molecule has 0 saturated heterocycles. The van der Waals surface area contributed by atoms with Gasteiger partial charge >= 0.3 is 19.5 Å². The average Bonchev–Trinajstić information content (AvgIpc) is 2.62. The van der Waals surface area contributed by atoms with Gasteiger partial charge in [0, 0.05) is 38.6 Å². The maximum absolute atomic E-state index is 12.0. The Bertz CT molecular complexity index is 1050. The van der Waals surface area contributed by atoms with Crippen molar-refractivity contribution in [3.8, 4) is 11.5 Å². The molecule has 0 atom stereocenters. The van der Waals surface area contributed by atoms with Crippen LogP contribution in [0.15, 0.2) is 48.5 Å². The van der Waals surface area contributed by atoms with Gasteiger partial charge in [0.2, 0.25) is 0 Å². The number of hydrogen-bond acceptors (Lipinski definition) is 4. The van der Waals surface area contributed by atoms with Crippen LogP contribution in [-0.2, 0) is 25.9 Å². The van der Waals surface area contributed by atoms with Crippen molar-refractivity contribution < 1.29 is 29.7 Å². The first kappa shape index (κ1) is 18.8. The molecule has 26 heavy (non-hydrogen) atoms. The normalized spacial score (nSPS) is 10.8. The van der Waals surface area contributed by atoms with Gasteiger partial charge in [0.1, 0.15) is 0 Å². The number of pyridine rings is 2. The predicted molar refractivity (Wildman–Crippen MR) is 95.2 cm³/mol. The molecule has 2 aromatic heterocycles. The van der Waals surface area contributed by atoms with E-state index in [-0.39, 0.29) is 31.0 Å². The molecule has 0 aliphatic carbocycles. The second kappa shape index (κ2) is 7.36. The van der Waals surface area contributed by atoms with E-state index >= 15 is 0 Å². The van der Waals surface area contributed by atoms with Gasteiger partial charge in [-0.25, -0.2) is 0 Å². The Morgan fingerprint density at radius 2 is 1.08 bits per heavy atom. The fourth-order valence-corrected chi connectivity index (χ4v) is 3.21. The van der Waals surface area contributed by atoms with Gasteiger partial charge in [-0.2, -0.15) is 0 Å². The van der Waals surface area contributed by atoms with E-state index in [1.165, 1.54) is 12.1 Å². The molecule has 0 fully saturated rings. The van der Waals surface area contributed by atoms with Gasteiger partial charge in [-0.1, -0.05) is 46.8 Å². The van der Waals surface area contributed by atoms with E-state index in [1.807, 2.05) is 0 Å². The first-order valence-corrected chi connectivity index (χ1v) is 8.29. The molecule has 0 N–H and O–H groups in total. The largest absolute Gasteiger partial charge is 2.00 e. The minimum absolute atomic E-state index is 0. The van der Waals surface area contributed by atoms with Crippen LogP contribution in [0.2, 0.25) is 10.0 Å². The van der Waals surface area contributed by atoms with E-state index in [1.54, 1.807) is 36.4 Å². The summed E-state index contributed by atoms with van der Waals surface area (Å²) in [6.07, 6.45) is 0.393. The fourth-order valence-electron chi connectivity index (χ4n) is 2.78. The molecule has 2 heterocycles. The van der Waals surface area contributed by atoms with Gasteiger partial charge in [0.25, 0.3) is 0 Å². The Labute approximate surface area is 172 Å². The van der Waals surface area contributed by atoms with Crippen molar-refractivity contribution in [1.29, 1.82) is 0 Å². The van der Waals surface area contributed by atoms with E-state index in [4.69, 9.17) is 23.2 Å². The molecule has 0 aliphatic rings. The molecule has 2 aromatic carbocycles. The third-order valence-corrected chi connectivity index (χ3v) is 4.67. The summed E-state index contributed by atoms with van der Waals surface area (Å²) in [5, 5.41) is 26.2. The van der Waals surface area contributed by atoms with Crippen LogP contribution in [-0.4, -0.2) is 9.97 Å². The molecular weight excluding hydrogens is 425 g/mol. The van der Waals surface area contributed by atoms with E-state index in [0.29, 0.717) is 49.7 Å². The summed E-state index contributed by atoms with van der Waals surface area (Å²) < 4.78 is 0. The van der Waals surface area contributed by atoms with Gasteiger partial charge in [-0.05, 0) is 36.4 Å². The zero-order valence-electron chi connectivity index (χ0n) is 13.5. The molecule has 0 bridgehead atoms. The Morgan fingerprint density at radius 1 is 0.654 bits per heavy atom. The molecule has 0 unspecified atom stereocenters. The van der Waals surface area contributed by atoms with Crippen LogP contribution in [0.4, 0.5) is 0 Å². The number of benzene rings is 2. The van der Waals surface area contributed by atoms with Crippen LogP contribution < -0.4 is 10.2 Å². The third kappa shape index (κ3) is 3.35. The second-order valence-corrected chi connectivity index (χ2v) is 6.48. The van der Waals surface area contributed by atoms with Crippen molar-refractivity contribution in [2.45, 2.75) is 6.42 Å². The molecule has 4 aromatic rings. The monoisotopic (exact) mass is 432 g/mol. The second-order valence-electron chi connectivity index (χ2n) is 5.67. The van der Waals surface area contributed by atoms with Gasteiger partial charge in [-0.3, -0.25) is 9.97 Å². The number of aromatic nitrogens is 2. The van der Waals surface area contributed by atoms with Crippen molar-refractivity contribution in [3.05, 3.63) is 70.0 Å². The molecule has 124 valence electrons. The first-order chi connectivity index (χ1) is 12.0. The minimum Gasteiger partial charge on any atom is -0.871 e. The van der Waals surface area contributed by atoms with Crippen LogP contribution in [0.1, 0.15) is 11.4 Å². The molecule has 0 aliphatic heterocycles. The summed E-state index contributed by atoms with van der Waals surface area (Å²) in [4.78, 5) is 8.82. The molecular formula is C19H10Cl2N2O2Zn.